The molecule has 0 bridgehead atoms. The molecule has 2 saturated heterocycles. The number of benzene rings is 2. The van der Waals surface area contributed by atoms with Gasteiger partial charge in [-0.2, -0.15) is 0 Å². The minimum Gasteiger partial charge on any atom is -0.368 e. The summed E-state index contributed by atoms with van der Waals surface area (Å²) < 4.78 is 0. The lowest BCUT2D eigenvalue weighted by molar-refractivity contribution is -0.132. The Morgan fingerprint density at radius 2 is 1.81 bits per heavy atom. The van der Waals surface area contributed by atoms with Gasteiger partial charge in [0.15, 0.2) is 0 Å². The maximum Gasteiger partial charge on any atom is 0.322 e. The number of anilines is 1. The molecule has 2 heterocycles. The molecular formula is C23H25ClN4O3S. The Bertz CT molecular complexity index is 1020. The summed E-state index contributed by atoms with van der Waals surface area (Å²) in [7, 11) is 0. The van der Waals surface area contributed by atoms with Crippen LogP contribution < -0.4 is 15.5 Å². The van der Waals surface area contributed by atoms with Gasteiger partial charge in [0, 0.05) is 48.2 Å². The Hall–Kier alpha value is -2.71. The molecular weight excluding hydrogens is 448 g/mol. The lowest BCUT2D eigenvalue weighted by Crippen LogP contribution is -2.50. The predicted octanol–water partition coefficient (Wildman–Crippen LogP) is 3.23. The van der Waals surface area contributed by atoms with Crippen LogP contribution in [0, 0.1) is 0 Å². The van der Waals surface area contributed by atoms with Crippen LogP contribution in [0.3, 0.4) is 0 Å². The van der Waals surface area contributed by atoms with E-state index in [1.54, 1.807) is 11.8 Å². The first-order valence-corrected chi connectivity index (χ1v) is 12.1. The van der Waals surface area contributed by atoms with Crippen LogP contribution in [0.4, 0.5) is 10.5 Å². The quantitative estimate of drug-likeness (QED) is 0.498. The number of carbonyl (C=O) groups is 3. The van der Waals surface area contributed by atoms with Crippen molar-refractivity contribution in [2.75, 3.05) is 37.3 Å². The molecule has 2 aromatic rings. The molecule has 32 heavy (non-hydrogen) atoms. The normalized spacial score (nSPS) is 20.8. The molecule has 0 radical (unpaired) electrons. The van der Waals surface area contributed by atoms with E-state index in [1.807, 2.05) is 59.7 Å². The SMILES string of the molecule is CSc1ccc(C2(CCC(=O)N3CCN(c4cccc(Cl)c4)CC3)NC(=O)NC2=O)cc1. The fourth-order valence-electron chi connectivity index (χ4n) is 4.23. The number of urea groups is 1. The van der Waals surface area contributed by atoms with Crippen molar-refractivity contribution in [2.24, 2.45) is 0 Å². The summed E-state index contributed by atoms with van der Waals surface area (Å²) in [6.45, 7) is 2.62. The van der Waals surface area contributed by atoms with E-state index in [-0.39, 0.29) is 18.7 Å². The van der Waals surface area contributed by atoms with Gasteiger partial charge in [-0.15, -0.1) is 11.8 Å². The zero-order chi connectivity index (χ0) is 22.7. The Balaban J connectivity index is 1.41. The van der Waals surface area contributed by atoms with Crippen LogP contribution in [0.5, 0.6) is 0 Å². The van der Waals surface area contributed by atoms with Gasteiger partial charge < -0.3 is 15.1 Å². The number of piperazine rings is 1. The highest BCUT2D eigenvalue weighted by Gasteiger charge is 2.47. The standard InChI is InChI=1S/C23H25ClN4O3S/c1-32-19-7-5-16(6-8-19)23(21(30)25-22(31)26-23)10-9-20(29)28-13-11-27(12-14-28)18-4-2-3-17(24)15-18/h2-8,15H,9-14H2,1H3,(H2,25,26,30,31). The van der Waals surface area contributed by atoms with E-state index in [4.69, 9.17) is 11.6 Å². The first kappa shape index (κ1) is 22.5. The minimum atomic E-state index is -1.23. The molecule has 168 valence electrons. The number of halogens is 1. The number of nitrogens with one attached hydrogen (secondary N) is 2. The van der Waals surface area contributed by atoms with Gasteiger partial charge in [-0.1, -0.05) is 29.8 Å². The van der Waals surface area contributed by atoms with Crippen LogP contribution in [0.25, 0.3) is 0 Å². The number of amides is 4. The lowest BCUT2D eigenvalue weighted by atomic mass is 9.85. The Labute approximate surface area is 196 Å². The molecule has 2 N–H and O–H groups in total. The first-order valence-electron chi connectivity index (χ1n) is 10.5. The summed E-state index contributed by atoms with van der Waals surface area (Å²) in [6.07, 6.45) is 2.34. The average molecular weight is 473 g/mol. The molecule has 1 atom stereocenters. The van der Waals surface area contributed by atoms with Crippen molar-refractivity contribution in [2.45, 2.75) is 23.3 Å². The molecule has 2 fully saturated rings. The van der Waals surface area contributed by atoms with Gasteiger partial charge in [0.05, 0.1) is 0 Å². The van der Waals surface area contributed by atoms with Crippen molar-refractivity contribution >= 4 is 46.9 Å². The van der Waals surface area contributed by atoms with Crippen molar-refractivity contribution in [3.05, 3.63) is 59.1 Å². The van der Waals surface area contributed by atoms with Gasteiger partial charge in [-0.3, -0.25) is 14.9 Å². The highest BCUT2D eigenvalue weighted by Crippen LogP contribution is 2.32. The van der Waals surface area contributed by atoms with Gasteiger partial charge in [0.2, 0.25) is 5.91 Å². The van der Waals surface area contributed by atoms with Crippen molar-refractivity contribution in [1.82, 2.24) is 15.5 Å². The summed E-state index contributed by atoms with van der Waals surface area (Å²) >= 11 is 7.69. The minimum absolute atomic E-state index is 0.0233. The van der Waals surface area contributed by atoms with Crippen LogP contribution in [0.15, 0.2) is 53.4 Å². The molecule has 0 aromatic heterocycles. The number of hydrogen-bond acceptors (Lipinski definition) is 5. The van der Waals surface area contributed by atoms with E-state index >= 15 is 0 Å². The lowest BCUT2D eigenvalue weighted by Gasteiger charge is -2.36. The van der Waals surface area contributed by atoms with E-state index in [0.717, 1.165) is 10.6 Å². The van der Waals surface area contributed by atoms with Crippen LogP contribution in [0.2, 0.25) is 5.02 Å². The number of carbonyl (C=O) groups excluding carboxylic acids is 3. The van der Waals surface area contributed by atoms with E-state index in [1.165, 1.54) is 0 Å². The number of thioether (sulfide) groups is 1. The molecule has 2 aliphatic rings. The molecule has 4 rings (SSSR count). The van der Waals surface area contributed by atoms with Crippen LogP contribution in [-0.4, -0.2) is 55.2 Å². The number of rotatable bonds is 6. The molecule has 7 nitrogen and oxygen atoms in total. The fraction of sp³-hybridized carbons (Fsp3) is 0.348. The fourth-order valence-corrected chi connectivity index (χ4v) is 4.82. The summed E-state index contributed by atoms with van der Waals surface area (Å²) in [6, 6.07) is 14.7. The monoisotopic (exact) mass is 472 g/mol. The second-order valence-corrected chi connectivity index (χ2v) is 9.21. The Morgan fingerprint density at radius 1 is 1.09 bits per heavy atom. The molecule has 2 aliphatic heterocycles. The Kier molecular flexibility index (Phi) is 6.62. The van der Waals surface area contributed by atoms with Crippen molar-refractivity contribution < 1.29 is 14.4 Å². The molecule has 9 heteroatoms. The van der Waals surface area contributed by atoms with E-state index < -0.39 is 17.5 Å². The molecule has 4 amide bonds. The molecule has 0 spiro atoms. The summed E-state index contributed by atoms with van der Waals surface area (Å²) in [4.78, 5) is 42.7. The molecule has 1 unspecified atom stereocenters. The van der Waals surface area contributed by atoms with E-state index in [0.29, 0.717) is 36.8 Å². The van der Waals surface area contributed by atoms with Gasteiger partial charge in [-0.25, -0.2) is 4.79 Å². The van der Waals surface area contributed by atoms with Crippen LogP contribution in [0.1, 0.15) is 18.4 Å². The molecule has 0 saturated carbocycles. The third-order valence-electron chi connectivity index (χ3n) is 6.04. The summed E-state index contributed by atoms with van der Waals surface area (Å²) in [5.74, 6) is -0.442. The largest absolute Gasteiger partial charge is 0.368 e. The maximum absolute atomic E-state index is 13.0. The van der Waals surface area contributed by atoms with Crippen LogP contribution in [-0.2, 0) is 15.1 Å². The maximum atomic E-state index is 13.0. The zero-order valence-electron chi connectivity index (χ0n) is 17.8. The van der Waals surface area contributed by atoms with Gasteiger partial charge in [0.25, 0.3) is 5.91 Å². The second-order valence-electron chi connectivity index (χ2n) is 7.89. The van der Waals surface area contributed by atoms with E-state index in [9.17, 15) is 14.4 Å². The smallest absolute Gasteiger partial charge is 0.322 e. The van der Waals surface area contributed by atoms with Gasteiger partial charge in [0.1, 0.15) is 5.54 Å². The predicted molar refractivity (Wildman–Crippen MR) is 126 cm³/mol. The first-order chi connectivity index (χ1) is 15.4. The third-order valence-corrected chi connectivity index (χ3v) is 7.02. The second kappa shape index (κ2) is 9.42. The van der Waals surface area contributed by atoms with Crippen molar-refractivity contribution in [1.29, 1.82) is 0 Å². The zero-order valence-corrected chi connectivity index (χ0v) is 19.3. The average Bonchev–Trinajstić information content (AvgIpc) is 3.11. The van der Waals surface area contributed by atoms with Gasteiger partial charge in [-0.05, 0) is 48.6 Å². The topological polar surface area (TPSA) is 81.8 Å². The highest BCUT2D eigenvalue weighted by atomic mass is 35.5. The number of hydrogen-bond donors (Lipinski definition) is 2. The molecule has 2 aromatic carbocycles. The Morgan fingerprint density at radius 3 is 2.41 bits per heavy atom. The third kappa shape index (κ3) is 4.56. The highest BCUT2D eigenvalue weighted by molar-refractivity contribution is 7.98. The number of nitrogens with zero attached hydrogens (tertiary/aromatic N) is 2. The summed E-state index contributed by atoms with van der Waals surface area (Å²) in [5, 5.41) is 5.78. The van der Waals surface area contributed by atoms with Crippen molar-refractivity contribution in [3.63, 3.8) is 0 Å². The van der Waals surface area contributed by atoms with E-state index in [2.05, 4.69) is 15.5 Å². The molecule has 0 aliphatic carbocycles. The summed E-state index contributed by atoms with van der Waals surface area (Å²) in [5.41, 5.74) is 0.492. The van der Waals surface area contributed by atoms with Crippen molar-refractivity contribution in [3.8, 4) is 0 Å². The number of imide groups is 1. The van der Waals surface area contributed by atoms with Crippen LogP contribution >= 0.6 is 23.4 Å². The van der Waals surface area contributed by atoms with Gasteiger partial charge >= 0.3 is 6.03 Å².